The summed E-state index contributed by atoms with van der Waals surface area (Å²) in [5, 5.41) is 0. The minimum absolute atomic E-state index is 0.0980. The molecule has 8 nitrogen and oxygen atoms in total. The van der Waals surface area contributed by atoms with Gasteiger partial charge < -0.3 is 19.1 Å². The number of hydrogen-bond donors (Lipinski definition) is 1. The van der Waals surface area contributed by atoms with Gasteiger partial charge in [0.2, 0.25) is 0 Å². The third-order valence-corrected chi connectivity index (χ3v) is 5.54. The first-order valence-electron chi connectivity index (χ1n) is 8.33. The maximum Gasteiger partial charge on any atom is 0.263 e. The Hall–Kier alpha value is -2.52. The van der Waals surface area contributed by atoms with E-state index in [0.29, 0.717) is 37.9 Å². The highest BCUT2D eigenvalue weighted by atomic mass is 32.2. The molecule has 1 aromatic heterocycles. The second-order valence-electron chi connectivity index (χ2n) is 5.91. The molecule has 0 amide bonds. The van der Waals surface area contributed by atoms with E-state index >= 15 is 0 Å². The van der Waals surface area contributed by atoms with E-state index in [1.807, 2.05) is 6.07 Å². The van der Waals surface area contributed by atoms with Crippen molar-refractivity contribution >= 4 is 21.5 Å². The number of nitrogens with zero attached hydrogens (tertiary/aromatic N) is 2. The molecule has 0 aliphatic carbocycles. The minimum atomic E-state index is -3.77. The molecule has 1 saturated heterocycles. The van der Waals surface area contributed by atoms with Gasteiger partial charge in [0.1, 0.15) is 19.0 Å². The largest absolute Gasteiger partial charge is 0.486 e. The van der Waals surface area contributed by atoms with Crippen molar-refractivity contribution in [1.82, 2.24) is 4.98 Å². The van der Waals surface area contributed by atoms with Crippen LogP contribution in [0.3, 0.4) is 0 Å². The number of benzene rings is 1. The first-order valence-corrected chi connectivity index (χ1v) is 9.81. The summed E-state index contributed by atoms with van der Waals surface area (Å²) in [5.41, 5.74) is 0.940. The SMILES string of the molecule is O=S(=O)(Nc1ccc(N2CCOCC2)cn1)c1ccc2c(c1)OCCO2. The average Bonchev–Trinajstić information content (AvgIpc) is 2.68. The molecule has 0 atom stereocenters. The van der Waals surface area contributed by atoms with Crippen LogP contribution in [-0.2, 0) is 14.8 Å². The van der Waals surface area contributed by atoms with Gasteiger partial charge >= 0.3 is 0 Å². The van der Waals surface area contributed by atoms with Crippen molar-refractivity contribution in [2.75, 3.05) is 49.1 Å². The molecule has 2 aliphatic rings. The van der Waals surface area contributed by atoms with Crippen molar-refractivity contribution in [1.29, 1.82) is 0 Å². The van der Waals surface area contributed by atoms with Gasteiger partial charge in [-0.25, -0.2) is 13.4 Å². The molecule has 0 bridgehead atoms. The lowest BCUT2D eigenvalue weighted by atomic mass is 10.3. The summed E-state index contributed by atoms with van der Waals surface area (Å²) in [6.45, 7) is 3.80. The van der Waals surface area contributed by atoms with E-state index in [4.69, 9.17) is 14.2 Å². The van der Waals surface area contributed by atoms with E-state index in [-0.39, 0.29) is 10.7 Å². The molecule has 0 saturated carbocycles. The topological polar surface area (TPSA) is 90.0 Å². The van der Waals surface area contributed by atoms with E-state index in [1.54, 1.807) is 18.3 Å². The summed E-state index contributed by atoms with van der Waals surface area (Å²) in [4.78, 5) is 6.47. The number of anilines is 2. The van der Waals surface area contributed by atoms with Gasteiger partial charge in [-0.15, -0.1) is 0 Å². The van der Waals surface area contributed by atoms with E-state index < -0.39 is 10.0 Å². The van der Waals surface area contributed by atoms with Gasteiger partial charge in [0.15, 0.2) is 11.5 Å². The number of ether oxygens (including phenoxy) is 3. The van der Waals surface area contributed by atoms with Crippen molar-refractivity contribution in [2.45, 2.75) is 4.90 Å². The number of sulfonamides is 1. The second kappa shape index (κ2) is 7.00. The van der Waals surface area contributed by atoms with Crippen LogP contribution in [0.4, 0.5) is 11.5 Å². The van der Waals surface area contributed by atoms with Crippen LogP contribution in [0, 0.1) is 0 Å². The maximum absolute atomic E-state index is 12.6. The zero-order valence-electron chi connectivity index (χ0n) is 14.1. The fraction of sp³-hybridized carbons (Fsp3) is 0.353. The lowest BCUT2D eigenvalue weighted by Crippen LogP contribution is -2.36. The van der Waals surface area contributed by atoms with Crippen LogP contribution >= 0.6 is 0 Å². The lowest BCUT2D eigenvalue weighted by molar-refractivity contribution is 0.122. The number of pyridine rings is 1. The normalized spacial score (nSPS) is 17.0. The molecule has 9 heteroatoms. The summed E-state index contributed by atoms with van der Waals surface area (Å²) < 4.78 is 43.9. The predicted molar refractivity (Wildman–Crippen MR) is 95.5 cm³/mol. The molecule has 1 fully saturated rings. The molecule has 4 rings (SSSR count). The second-order valence-corrected chi connectivity index (χ2v) is 7.59. The van der Waals surface area contributed by atoms with Crippen molar-refractivity contribution in [3.05, 3.63) is 36.5 Å². The molecular formula is C17H19N3O5S. The number of rotatable bonds is 4. The Bertz CT molecular complexity index is 880. The zero-order valence-corrected chi connectivity index (χ0v) is 14.9. The Morgan fingerprint density at radius 2 is 1.73 bits per heavy atom. The Morgan fingerprint density at radius 3 is 2.46 bits per heavy atom. The van der Waals surface area contributed by atoms with Crippen molar-refractivity contribution in [3.63, 3.8) is 0 Å². The van der Waals surface area contributed by atoms with E-state index in [0.717, 1.165) is 18.8 Å². The lowest BCUT2D eigenvalue weighted by Gasteiger charge is -2.28. The number of fused-ring (bicyclic) bond motifs is 1. The molecule has 0 radical (unpaired) electrons. The molecule has 3 heterocycles. The molecular weight excluding hydrogens is 358 g/mol. The molecule has 0 unspecified atom stereocenters. The predicted octanol–water partition coefficient (Wildman–Crippen LogP) is 1.49. The van der Waals surface area contributed by atoms with Gasteiger partial charge in [-0.3, -0.25) is 4.72 Å². The number of nitrogens with one attached hydrogen (secondary N) is 1. The van der Waals surface area contributed by atoms with Gasteiger partial charge in [0.25, 0.3) is 10.0 Å². The van der Waals surface area contributed by atoms with Gasteiger partial charge in [-0.1, -0.05) is 0 Å². The third-order valence-electron chi connectivity index (χ3n) is 4.19. The average molecular weight is 377 g/mol. The standard InChI is InChI=1S/C17H19N3O5S/c21-26(22,14-2-3-15-16(11-14)25-10-9-24-15)19-17-4-1-13(12-18-17)20-5-7-23-8-6-20/h1-4,11-12H,5-10H2,(H,18,19). The quantitative estimate of drug-likeness (QED) is 0.863. The van der Waals surface area contributed by atoms with Crippen LogP contribution < -0.4 is 19.1 Å². The van der Waals surface area contributed by atoms with E-state index in [1.165, 1.54) is 12.1 Å². The smallest absolute Gasteiger partial charge is 0.263 e. The first kappa shape index (κ1) is 16.9. The fourth-order valence-electron chi connectivity index (χ4n) is 2.84. The van der Waals surface area contributed by atoms with Gasteiger partial charge in [0, 0.05) is 19.2 Å². The molecule has 138 valence electrons. The Kier molecular flexibility index (Phi) is 4.56. The summed E-state index contributed by atoms with van der Waals surface area (Å²) in [6, 6.07) is 8.04. The van der Waals surface area contributed by atoms with Crippen LogP contribution in [0.15, 0.2) is 41.4 Å². The number of morpholine rings is 1. The highest BCUT2D eigenvalue weighted by Crippen LogP contribution is 2.32. The molecule has 1 aromatic carbocycles. The maximum atomic E-state index is 12.6. The Labute approximate surface area is 151 Å². The highest BCUT2D eigenvalue weighted by Gasteiger charge is 2.20. The summed E-state index contributed by atoms with van der Waals surface area (Å²) in [7, 11) is -3.77. The molecule has 0 spiro atoms. The number of aromatic nitrogens is 1. The molecule has 2 aliphatic heterocycles. The number of hydrogen-bond acceptors (Lipinski definition) is 7. The van der Waals surface area contributed by atoms with Crippen molar-refractivity contribution in [2.24, 2.45) is 0 Å². The summed E-state index contributed by atoms with van der Waals surface area (Å²) in [6.07, 6.45) is 1.66. The van der Waals surface area contributed by atoms with Crippen molar-refractivity contribution < 1.29 is 22.6 Å². The van der Waals surface area contributed by atoms with Gasteiger partial charge in [0.05, 0.1) is 30.0 Å². The minimum Gasteiger partial charge on any atom is -0.486 e. The zero-order chi connectivity index (χ0) is 18.0. The Morgan fingerprint density at radius 1 is 0.962 bits per heavy atom. The molecule has 26 heavy (non-hydrogen) atoms. The molecule has 1 N–H and O–H groups in total. The van der Waals surface area contributed by atoms with Crippen molar-refractivity contribution in [3.8, 4) is 11.5 Å². The van der Waals surface area contributed by atoms with Crippen LogP contribution in [0.2, 0.25) is 0 Å². The summed E-state index contributed by atoms with van der Waals surface area (Å²) >= 11 is 0. The van der Waals surface area contributed by atoms with Crippen LogP contribution in [0.5, 0.6) is 11.5 Å². The van der Waals surface area contributed by atoms with Crippen LogP contribution in [-0.4, -0.2) is 52.9 Å². The Balaban J connectivity index is 1.50. The third kappa shape index (κ3) is 3.54. The highest BCUT2D eigenvalue weighted by molar-refractivity contribution is 7.92. The van der Waals surface area contributed by atoms with Crippen LogP contribution in [0.25, 0.3) is 0 Å². The fourth-order valence-corrected chi connectivity index (χ4v) is 3.87. The van der Waals surface area contributed by atoms with E-state index in [9.17, 15) is 8.42 Å². The van der Waals surface area contributed by atoms with Crippen LogP contribution in [0.1, 0.15) is 0 Å². The molecule has 2 aromatic rings. The first-order chi connectivity index (χ1) is 12.6. The monoisotopic (exact) mass is 377 g/mol. The van der Waals surface area contributed by atoms with Gasteiger partial charge in [-0.2, -0.15) is 0 Å². The van der Waals surface area contributed by atoms with Gasteiger partial charge in [-0.05, 0) is 24.3 Å². The summed E-state index contributed by atoms with van der Waals surface area (Å²) in [5.74, 6) is 1.23. The van der Waals surface area contributed by atoms with E-state index in [2.05, 4.69) is 14.6 Å².